The number of benzene rings is 1. The molecule has 6 heteroatoms. The smallest absolute Gasteiger partial charge is 0.137 e. The first-order chi connectivity index (χ1) is 20.3. The molecule has 0 bridgehead atoms. The van der Waals surface area contributed by atoms with Crippen LogP contribution in [-0.4, -0.2) is 76.5 Å². The monoisotopic (exact) mass is 748 g/mol. The van der Waals surface area contributed by atoms with Crippen molar-refractivity contribution < 1.29 is 52.4 Å². The van der Waals surface area contributed by atoms with E-state index in [1.54, 1.807) is 0 Å². The molecule has 0 unspecified atom stereocenters. The molecule has 0 aromatic heterocycles. The lowest BCUT2D eigenvalue weighted by Crippen LogP contribution is -3.00. The van der Waals surface area contributed by atoms with Gasteiger partial charge in [0, 0.05) is 0 Å². The van der Waals surface area contributed by atoms with Crippen LogP contribution < -0.4 is 43.4 Å². The Kier molecular flexibility index (Phi) is 31.3. The molecule has 0 saturated heterocycles. The number of unbranched alkanes of at least 4 members (excludes halogenated alkanes) is 18. The Labute approximate surface area is 296 Å². The SMILES string of the molecule is CCCCCCCCCCCC[N+](C)(C)CCOc1ccc(OCC[N+](C)(C)CCCCCCCCCCCC)cc1.[Br-].[Br-]. The van der Waals surface area contributed by atoms with Gasteiger partial charge < -0.3 is 52.4 Å². The van der Waals surface area contributed by atoms with Crippen LogP contribution in [0.15, 0.2) is 24.3 Å². The highest BCUT2D eigenvalue weighted by molar-refractivity contribution is 5.31. The largest absolute Gasteiger partial charge is 1.00 e. The van der Waals surface area contributed by atoms with Crippen molar-refractivity contribution in [1.29, 1.82) is 0 Å². The number of nitrogens with zero attached hydrogens (tertiary/aromatic N) is 2. The van der Waals surface area contributed by atoms with Gasteiger partial charge in [0.1, 0.15) is 37.8 Å². The first-order valence-electron chi connectivity index (χ1n) is 18.3. The van der Waals surface area contributed by atoms with E-state index < -0.39 is 0 Å². The number of quaternary nitrogens is 2. The maximum Gasteiger partial charge on any atom is 0.137 e. The molecular formula is C38H74Br2N2O2. The summed E-state index contributed by atoms with van der Waals surface area (Å²) in [6.45, 7) is 10.7. The zero-order valence-corrected chi connectivity index (χ0v) is 33.3. The predicted octanol–water partition coefficient (Wildman–Crippen LogP) is 4.45. The fourth-order valence-electron chi connectivity index (χ4n) is 5.73. The Morgan fingerprint density at radius 3 is 0.909 bits per heavy atom. The molecule has 0 heterocycles. The van der Waals surface area contributed by atoms with Crippen LogP contribution in [0.3, 0.4) is 0 Å². The zero-order valence-electron chi connectivity index (χ0n) is 30.2. The van der Waals surface area contributed by atoms with E-state index in [0.29, 0.717) is 0 Å². The van der Waals surface area contributed by atoms with Crippen LogP contribution in [0, 0.1) is 0 Å². The standard InChI is InChI=1S/C38H74N2O2.2BrH/c1-7-9-11-13-15-17-19-21-23-25-31-39(3,4)33-35-41-37-27-29-38(30-28-37)42-36-34-40(5,6)32-26-24-22-20-18-16-14-12-10-8-2;;/h27-30H,7-26,31-36H2,1-6H3;2*1H/q+2;;/p-2. The van der Waals surface area contributed by atoms with E-state index >= 15 is 0 Å². The average molecular weight is 751 g/mol. The Balaban J connectivity index is 0. The molecule has 0 amide bonds. The third kappa shape index (κ3) is 28.0. The van der Waals surface area contributed by atoms with Gasteiger partial charge in [-0.15, -0.1) is 0 Å². The van der Waals surface area contributed by atoms with E-state index in [-0.39, 0.29) is 34.0 Å². The summed E-state index contributed by atoms with van der Waals surface area (Å²) in [6, 6.07) is 8.23. The van der Waals surface area contributed by atoms with Gasteiger partial charge in [0.05, 0.1) is 41.3 Å². The van der Waals surface area contributed by atoms with E-state index in [1.165, 1.54) is 142 Å². The van der Waals surface area contributed by atoms with Crippen molar-refractivity contribution >= 4 is 0 Å². The van der Waals surface area contributed by atoms with Gasteiger partial charge in [-0.3, -0.25) is 0 Å². The zero-order chi connectivity index (χ0) is 30.8. The first kappa shape index (κ1) is 45.8. The highest BCUT2D eigenvalue weighted by atomic mass is 79.9. The van der Waals surface area contributed by atoms with Crippen LogP contribution in [0.25, 0.3) is 0 Å². The van der Waals surface area contributed by atoms with Gasteiger partial charge >= 0.3 is 0 Å². The molecule has 0 radical (unpaired) electrons. The Bertz CT molecular complexity index is 667. The van der Waals surface area contributed by atoms with Crippen molar-refractivity contribution in [2.75, 3.05) is 67.6 Å². The molecular weight excluding hydrogens is 676 g/mol. The van der Waals surface area contributed by atoms with Gasteiger partial charge in [-0.05, 0) is 49.9 Å². The van der Waals surface area contributed by atoms with Gasteiger partial charge in [0.15, 0.2) is 0 Å². The minimum absolute atomic E-state index is 0. The molecule has 262 valence electrons. The molecule has 0 atom stereocenters. The van der Waals surface area contributed by atoms with Crippen LogP contribution >= 0.6 is 0 Å². The van der Waals surface area contributed by atoms with Crippen LogP contribution in [0.1, 0.15) is 142 Å². The summed E-state index contributed by atoms with van der Waals surface area (Å²) >= 11 is 0. The second-order valence-electron chi connectivity index (χ2n) is 14.3. The van der Waals surface area contributed by atoms with Crippen molar-refractivity contribution in [1.82, 2.24) is 0 Å². The maximum atomic E-state index is 6.08. The number of ether oxygens (including phenoxy) is 2. The van der Waals surface area contributed by atoms with Crippen molar-refractivity contribution in [3.8, 4) is 11.5 Å². The average Bonchev–Trinajstić information content (AvgIpc) is 2.95. The second kappa shape index (κ2) is 30.1. The molecule has 1 aromatic rings. The fourth-order valence-corrected chi connectivity index (χ4v) is 5.73. The van der Waals surface area contributed by atoms with Gasteiger partial charge in [-0.25, -0.2) is 0 Å². The van der Waals surface area contributed by atoms with Crippen LogP contribution in [0.4, 0.5) is 0 Å². The van der Waals surface area contributed by atoms with Crippen molar-refractivity contribution in [2.24, 2.45) is 0 Å². The highest BCUT2D eigenvalue weighted by Crippen LogP contribution is 2.19. The van der Waals surface area contributed by atoms with Crippen molar-refractivity contribution in [2.45, 2.75) is 142 Å². The lowest BCUT2D eigenvalue weighted by Gasteiger charge is -2.30. The van der Waals surface area contributed by atoms with E-state index in [2.05, 4.69) is 66.3 Å². The van der Waals surface area contributed by atoms with Gasteiger partial charge in [-0.1, -0.05) is 117 Å². The number of hydrogen-bond acceptors (Lipinski definition) is 2. The van der Waals surface area contributed by atoms with E-state index in [0.717, 1.165) is 46.8 Å². The quantitative estimate of drug-likeness (QED) is 0.0856. The predicted molar refractivity (Wildman–Crippen MR) is 185 cm³/mol. The molecule has 0 aliphatic heterocycles. The Hall–Kier alpha value is -0.300. The summed E-state index contributed by atoms with van der Waals surface area (Å²) < 4.78 is 14.2. The second-order valence-corrected chi connectivity index (χ2v) is 14.3. The minimum atomic E-state index is 0. The third-order valence-corrected chi connectivity index (χ3v) is 8.99. The Morgan fingerprint density at radius 2 is 0.636 bits per heavy atom. The van der Waals surface area contributed by atoms with Gasteiger partial charge in [0.2, 0.25) is 0 Å². The minimum Gasteiger partial charge on any atom is -1.00 e. The maximum absolute atomic E-state index is 6.08. The van der Waals surface area contributed by atoms with Crippen LogP contribution in [-0.2, 0) is 0 Å². The fraction of sp³-hybridized carbons (Fsp3) is 0.842. The summed E-state index contributed by atoms with van der Waals surface area (Å²) in [7, 11) is 9.35. The summed E-state index contributed by atoms with van der Waals surface area (Å²) in [4.78, 5) is 0. The normalized spacial score (nSPS) is 11.6. The van der Waals surface area contributed by atoms with Gasteiger partial charge in [-0.2, -0.15) is 0 Å². The molecule has 0 aliphatic carbocycles. The molecule has 0 fully saturated rings. The molecule has 1 aromatic carbocycles. The molecule has 4 nitrogen and oxygen atoms in total. The molecule has 0 aliphatic rings. The molecule has 1 rings (SSSR count). The van der Waals surface area contributed by atoms with Crippen LogP contribution in [0.2, 0.25) is 0 Å². The Morgan fingerprint density at radius 1 is 0.386 bits per heavy atom. The highest BCUT2D eigenvalue weighted by Gasteiger charge is 2.16. The number of hydrogen-bond donors (Lipinski definition) is 0. The summed E-state index contributed by atoms with van der Waals surface area (Å²) in [6.07, 6.45) is 28.0. The van der Waals surface area contributed by atoms with Crippen molar-refractivity contribution in [3.05, 3.63) is 24.3 Å². The van der Waals surface area contributed by atoms with E-state index in [9.17, 15) is 0 Å². The molecule has 0 saturated carbocycles. The number of rotatable bonds is 30. The topological polar surface area (TPSA) is 18.5 Å². The number of likely N-dealkylation sites (N-methyl/N-ethyl adjacent to an activating group) is 2. The van der Waals surface area contributed by atoms with Crippen LogP contribution in [0.5, 0.6) is 11.5 Å². The van der Waals surface area contributed by atoms with E-state index in [4.69, 9.17) is 9.47 Å². The van der Waals surface area contributed by atoms with Gasteiger partial charge in [0.25, 0.3) is 0 Å². The summed E-state index contributed by atoms with van der Waals surface area (Å²) in [5.41, 5.74) is 0. The molecule has 44 heavy (non-hydrogen) atoms. The third-order valence-electron chi connectivity index (χ3n) is 8.99. The molecule has 0 spiro atoms. The lowest BCUT2D eigenvalue weighted by molar-refractivity contribution is -0.890. The number of halogens is 2. The van der Waals surface area contributed by atoms with Crippen molar-refractivity contribution in [3.63, 3.8) is 0 Å². The lowest BCUT2D eigenvalue weighted by atomic mass is 10.1. The summed E-state index contributed by atoms with van der Waals surface area (Å²) in [5, 5.41) is 0. The van der Waals surface area contributed by atoms with E-state index in [1.807, 2.05) is 0 Å². The first-order valence-corrected chi connectivity index (χ1v) is 18.3. The summed E-state index contributed by atoms with van der Waals surface area (Å²) in [5.74, 6) is 1.89. The molecule has 0 N–H and O–H groups in total.